The predicted molar refractivity (Wildman–Crippen MR) is 97.4 cm³/mol. The van der Waals surface area contributed by atoms with Gasteiger partial charge in [0.15, 0.2) is 0 Å². The molecule has 0 N–H and O–H groups in total. The average molecular weight is 395 g/mol. The summed E-state index contributed by atoms with van der Waals surface area (Å²) in [5.74, 6) is -0.959. The number of ether oxygens (including phenoxy) is 2. The van der Waals surface area contributed by atoms with Crippen LogP contribution in [0.15, 0.2) is 29.2 Å². The highest BCUT2D eigenvalue weighted by molar-refractivity contribution is 7.89. The molecule has 0 aliphatic carbocycles. The van der Waals surface area contributed by atoms with E-state index < -0.39 is 28.1 Å². The van der Waals surface area contributed by atoms with Gasteiger partial charge in [-0.25, -0.2) is 13.2 Å². The molecule has 0 unspecified atom stereocenters. The summed E-state index contributed by atoms with van der Waals surface area (Å²) in [6.07, 6.45) is 2.73. The van der Waals surface area contributed by atoms with Crippen LogP contribution in [0.5, 0.6) is 0 Å². The second kappa shape index (κ2) is 8.39. The highest BCUT2D eigenvalue weighted by Crippen LogP contribution is 2.22. The van der Waals surface area contributed by atoms with E-state index in [9.17, 15) is 18.0 Å². The molecule has 3 rings (SSSR count). The minimum Gasteiger partial charge on any atom is -0.460 e. The zero-order valence-electron chi connectivity index (χ0n) is 15.4. The number of benzene rings is 1. The van der Waals surface area contributed by atoms with Crippen LogP contribution in [0, 0.1) is 0 Å². The van der Waals surface area contributed by atoms with Gasteiger partial charge in [-0.15, -0.1) is 0 Å². The standard InChI is InChI=1S/C19H25NO6S/c1-14-13-17(19(22)25-14)26-18(21)10-7-15-5-8-16(9-6-15)27(23,24)20-11-3-2-4-12-20/h5-6,8-9,14,17H,2-4,7,10-13H2,1H3/t14-,17+/m1/s1. The van der Waals surface area contributed by atoms with Crippen molar-refractivity contribution in [3.05, 3.63) is 29.8 Å². The molecular formula is C19H25NO6S. The highest BCUT2D eigenvalue weighted by Gasteiger charge is 2.34. The van der Waals surface area contributed by atoms with Gasteiger partial charge in [-0.05, 0) is 43.9 Å². The van der Waals surface area contributed by atoms with Crippen molar-refractivity contribution in [1.29, 1.82) is 0 Å². The summed E-state index contributed by atoms with van der Waals surface area (Å²) in [6.45, 7) is 2.89. The molecule has 0 amide bonds. The van der Waals surface area contributed by atoms with Gasteiger partial charge < -0.3 is 9.47 Å². The Morgan fingerprint density at radius 2 is 1.85 bits per heavy atom. The molecule has 2 saturated heterocycles. The van der Waals surface area contributed by atoms with E-state index in [-0.39, 0.29) is 17.4 Å². The van der Waals surface area contributed by atoms with E-state index in [1.165, 1.54) is 4.31 Å². The molecule has 2 aliphatic rings. The smallest absolute Gasteiger partial charge is 0.347 e. The van der Waals surface area contributed by atoms with Gasteiger partial charge >= 0.3 is 11.9 Å². The Kier molecular flexibility index (Phi) is 6.16. The van der Waals surface area contributed by atoms with Gasteiger partial charge in [0.2, 0.25) is 16.1 Å². The van der Waals surface area contributed by atoms with Crippen molar-refractivity contribution in [2.45, 2.75) is 62.6 Å². The molecule has 0 aromatic heterocycles. The third-order valence-electron chi connectivity index (χ3n) is 4.89. The number of cyclic esters (lactones) is 1. The molecule has 1 aromatic rings. The summed E-state index contributed by atoms with van der Waals surface area (Å²) in [7, 11) is -3.45. The average Bonchev–Trinajstić information content (AvgIpc) is 2.98. The fourth-order valence-corrected chi connectivity index (χ4v) is 4.88. The van der Waals surface area contributed by atoms with Gasteiger partial charge in [0.25, 0.3) is 0 Å². The Morgan fingerprint density at radius 3 is 2.44 bits per heavy atom. The van der Waals surface area contributed by atoms with Crippen LogP contribution >= 0.6 is 0 Å². The molecule has 27 heavy (non-hydrogen) atoms. The van der Waals surface area contributed by atoms with Crippen LogP contribution < -0.4 is 0 Å². The molecule has 2 fully saturated rings. The topological polar surface area (TPSA) is 90.0 Å². The van der Waals surface area contributed by atoms with E-state index in [1.54, 1.807) is 31.2 Å². The Morgan fingerprint density at radius 1 is 1.19 bits per heavy atom. The SMILES string of the molecule is C[C@@H]1C[C@H](OC(=O)CCc2ccc(S(=O)(=O)N3CCCCC3)cc2)C(=O)O1. The number of hydrogen-bond acceptors (Lipinski definition) is 6. The molecule has 7 nitrogen and oxygen atoms in total. The number of carbonyl (C=O) groups excluding carboxylic acids is 2. The Hall–Kier alpha value is -1.93. The summed E-state index contributed by atoms with van der Waals surface area (Å²) in [6, 6.07) is 6.60. The van der Waals surface area contributed by atoms with Crippen LogP contribution in [0.2, 0.25) is 0 Å². The molecule has 2 aliphatic heterocycles. The minimum absolute atomic E-state index is 0.121. The van der Waals surface area contributed by atoms with Crippen LogP contribution in [0.4, 0.5) is 0 Å². The van der Waals surface area contributed by atoms with E-state index >= 15 is 0 Å². The largest absolute Gasteiger partial charge is 0.460 e. The molecule has 0 spiro atoms. The number of carbonyl (C=O) groups is 2. The van der Waals surface area contributed by atoms with Crippen molar-refractivity contribution in [3.8, 4) is 0 Å². The molecule has 2 heterocycles. The highest BCUT2D eigenvalue weighted by atomic mass is 32.2. The lowest BCUT2D eigenvalue weighted by Crippen LogP contribution is -2.35. The van der Waals surface area contributed by atoms with Crippen LogP contribution in [0.25, 0.3) is 0 Å². The van der Waals surface area contributed by atoms with E-state index in [0.29, 0.717) is 25.9 Å². The molecule has 0 saturated carbocycles. The molecule has 8 heteroatoms. The van der Waals surface area contributed by atoms with Crippen molar-refractivity contribution in [2.75, 3.05) is 13.1 Å². The number of nitrogens with zero attached hydrogens (tertiary/aromatic N) is 1. The number of sulfonamides is 1. The van der Waals surface area contributed by atoms with Gasteiger partial charge in [-0.3, -0.25) is 4.79 Å². The van der Waals surface area contributed by atoms with Gasteiger partial charge in [0, 0.05) is 25.9 Å². The molecule has 148 valence electrons. The zero-order chi connectivity index (χ0) is 19.4. The maximum atomic E-state index is 12.6. The van der Waals surface area contributed by atoms with Crippen molar-refractivity contribution in [3.63, 3.8) is 0 Å². The van der Waals surface area contributed by atoms with E-state index in [4.69, 9.17) is 9.47 Å². The normalized spacial score (nSPS) is 23.8. The first-order chi connectivity index (χ1) is 12.9. The first-order valence-electron chi connectivity index (χ1n) is 9.35. The molecular weight excluding hydrogens is 370 g/mol. The third kappa shape index (κ3) is 4.87. The maximum absolute atomic E-state index is 12.6. The first-order valence-corrected chi connectivity index (χ1v) is 10.8. The quantitative estimate of drug-likeness (QED) is 0.685. The van der Waals surface area contributed by atoms with Crippen molar-refractivity contribution >= 4 is 22.0 Å². The molecule has 2 atom stereocenters. The van der Waals surface area contributed by atoms with Gasteiger partial charge in [0.1, 0.15) is 6.10 Å². The molecule has 0 bridgehead atoms. The van der Waals surface area contributed by atoms with E-state index in [1.807, 2.05) is 0 Å². The molecule has 0 radical (unpaired) electrons. The van der Waals surface area contributed by atoms with Crippen LogP contribution in [0.1, 0.15) is 44.6 Å². The zero-order valence-corrected chi connectivity index (χ0v) is 16.2. The monoisotopic (exact) mass is 395 g/mol. The summed E-state index contributed by atoms with van der Waals surface area (Å²) in [5, 5.41) is 0. The Balaban J connectivity index is 1.53. The number of rotatable bonds is 6. The van der Waals surface area contributed by atoms with Crippen molar-refractivity contribution < 1.29 is 27.5 Å². The maximum Gasteiger partial charge on any atom is 0.347 e. The summed E-state index contributed by atoms with van der Waals surface area (Å²) in [5.41, 5.74) is 0.840. The third-order valence-corrected chi connectivity index (χ3v) is 6.81. The minimum atomic E-state index is -3.45. The van der Waals surface area contributed by atoms with Crippen molar-refractivity contribution in [1.82, 2.24) is 4.31 Å². The lowest BCUT2D eigenvalue weighted by atomic mass is 10.1. The van der Waals surface area contributed by atoms with Gasteiger partial charge in [-0.2, -0.15) is 4.31 Å². The Bertz CT molecular complexity index is 783. The van der Waals surface area contributed by atoms with Crippen LogP contribution in [0.3, 0.4) is 0 Å². The van der Waals surface area contributed by atoms with Gasteiger partial charge in [-0.1, -0.05) is 18.6 Å². The number of piperidine rings is 1. The lowest BCUT2D eigenvalue weighted by Gasteiger charge is -2.25. The first kappa shape index (κ1) is 19.8. The molecule has 1 aromatic carbocycles. The van der Waals surface area contributed by atoms with Crippen molar-refractivity contribution in [2.24, 2.45) is 0 Å². The van der Waals surface area contributed by atoms with E-state index in [0.717, 1.165) is 24.8 Å². The Labute approximate surface area is 159 Å². The summed E-state index contributed by atoms with van der Waals surface area (Å²) >= 11 is 0. The lowest BCUT2D eigenvalue weighted by molar-refractivity contribution is -0.160. The number of hydrogen-bond donors (Lipinski definition) is 0. The number of aryl methyl sites for hydroxylation is 1. The summed E-state index contributed by atoms with van der Waals surface area (Å²) < 4.78 is 36.9. The number of esters is 2. The summed E-state index contributed by atoms with van der Waals surface area (Å²) in [4.78, 5) is 23.7. The predicted octanol–water partition coefficient (Wildman–Crippen LogP) is 2.04. The van der Waals surface area contributed by atoms with Crippen LogP contribution in [-0.2, 0) is 35.5 Å². The van der Waals surface area contributed by atoms with Crippen LogP contribution in [-0.4, -0.2) is 50.0 Å². The van der Waals surface area contributed by atoms with Gasteiger partial charge in [0.05, 0.1) is 4.90 Å². The second-order valence-electron chi connectivity index (χ2n) is 7.07. The fourth-order valence-electron chi connectivity index (χ4n) is 3.36. The fraction of sp³-hybridized carbons (Fsp3) is 0.579. The second-order valence-corrected chi connectivity index (χ2v) is 9.01. The van der Waals surface area contributed by atoms with E-state index in [2.05, 4.69) is 0 Å².